The Morgan fingerprint density at radius 1 is 1.29 bits per heavy atom. The van der Waals surface area contributed by atoms with Crippen LogP contribution in [0, 0.1) is 0 Å². The molecule has 0 fully saturated rings. The maximum atomic E-state index is 11.8. The van der Waals surface area contributed by atoms with Gasteiger partial charge in [0.05, 0.1) is 6.20 Å². The van der Waals surface area contributed by atoms with Gasteiger partial charge in [-0.15, -0.1) is 0 Å². The Hall–Kier alpha value is -2.62. The molecule has 1 heterocycles. The topological polar surface area (TPSA) is 55.1 Å². The molecule has 1 aliphatic carbocycles. The molecule has 4 heteroatoms. The van der Waals surface area contributed by atoms with Crippen molar-refractivity contribution in [3.8, 4) is 5.75 Å². The molecule has 1 unspecified atom stereocenters. The first-order chi connectivity index (χ1) is 10.2. The van der Waals surface area contributed by atoms with E-state index in [1.54, 1.807) is 7.05 Å². The van der Waals surface area contributed by atoms with Crippen molar-refractivity contribution in [2.75, 3.05) is 0 Å². The molecule has 1 N–H and O–H groups in total. The van der Waals surface area contributed by atoms with Crippen LogP contribution in [0.3, 0.4) is 0 Å². The Bertz CT molecular complexity index is 773. The number of aromatic hydroxyl groups is 1. The van der Waals surface area contributed by atoms with Crippen LogP contribution in [0.5, 0.6) is 5.75 Å². The molecular formula is C17H16N2O2. The van der Waals surface area contributed by atoms with E-state index in [0.29, 0.717) is 5.82 Å². The highest BCUT2D eigenvalue weighted by atomic mass is 16.3. The molecule has 4 nitrogen and oxygen atoms in total. The SMILES string of the molecule is Cn1c(C2C=CC=C(c3ccccc3)C2)ncc(O)c1=O. The summed E-state index contributed by atoms with van der Waals surface area (Å²) in [7, 11) is 1.64. The molecule has 106 valence electrons. The van der Waals surface area contributed by atoms with Crippen molar-refractivity contribution < 1.29 is 5.11 Å². The monoisotopic (exact) mass is 280 g/mol. The highest BCUT2D eigenvalue weighted by molar-refractivity contribution is 5.69. The molecule has 2 aromatic rings. The van der Waals surface area contributed by atoms with E-state index in [4.69, 9.17) is 0 Å². The van der Waals surface area contributed by atoms with E-state index in [2.05, 4.69) is 23.2 Å². The zero-order valence-corrected chi connectivity index (χ0v) is 11.7. The van der Waals surface area contributed by atoms with Crippen LogP contribution in [0.1, 0.15) is 23.7 Å². The maximum absolute atomic E-state index is 11.8. The second-order valence-corrected chi connectivity index (χ2v) is 5.12. The third kappa shape index (κ3) is 2.52. The molecular weight excluding hydrogens is 264 g/mol. The lowest BCUT2D eigenvalue weighted by atomic mass is 9.89. The van der Waals surface area contributed by atoms with Crippen LogP contribution in [0.4, 0.5) is 0 Å². The van der Waals surface area contributed by atoms with Gasteiger partial charge in [0.2, 0.25) is 0 Å². The van der Waals surface area contributed by atoms with Gasteiger partial charge < -0.3 is 5.11 Å². The van der Waals surface area contributed by atoms with Crippen LogP contribution in [-0.2, 0) is 7.05 Å². The van der Waals surface area contributed by atoms with E-state index < -0.39 is 5.56 Å². The molecule has 0 spiro atoms. The van der Waals surface area contributed by atoms with Crippen molar-refractivity contribution in [3.63, 3.8) is 0 Å². The highest BCUT2D eigenvalue weighted by Crippen LogP contribution is 2.32. The zero-order chi connectivity index (χ0) is 14.8. The fourth-order valence-electron chi connectivity index (χ4n) is 2.61. The Balaban J connectivity index is 1.94. The highest BCUT2D eigenvalue weighted by Gasteiger charge is 2.19. The average molecular weight is 280 g/mol. The van der Waals surface area contributed by atoms with Gasteiger partial charge in [-0.05, 0) is 17.6 Å². The summed E-state index contributed by atoms with van der Waals surface area (Å²) < 4.78 is 1.41. The molecule has 1 atom stereocenters. The minimum absolute atomic E-state index is 0.0310. The molecule has 21 heavy (non-hydrogen) atoms. The minimum atomic E-state index is -0.413. The second kappa shape index (κ2) is 5.40. The second-order valence-electron chi connectivity index (χ2n) is 5.12. The van der Waals surface area contributed by atoms with Gasteiger partial charge >= 0.3 is 0 Å². The Kier molecular flexibility index (Phi) is 3.44. The number of allylic oxidation sites excluding steroid dienone is 4. The molecule has 0 radical (unpaired) electrons. The molecule has 3 rings (SSSR count). The number of hydrogen-bond acceptors (Lipinski definition) is 3. The van der Waals surface area contributed by atoms with Gasteiger partial charge in [0.25, 0.3) is 5.56 Å². The van der Waals surface area contributed by atoms with Gasteiger partial charge in [0.15, 0.2) is 5.75 Å². The van der Waals surface area contributed by atoms with E-state index in [0.717, 1.165) is 6.42 Å². The summed E-state index contributed by atoms with van der Waals surface area (Å²) in [5.41, 5.74) is 1.98. The van der Waals surface area contributed by atoms with E-state index >= 15 is 0 Å². The number of nitrogens with zero attached hydrogens (tertiary/aromatic N) is 2. The van der Waals surface area contributed by atoms with Crippen LogP contribution in [0.2, 0.25) is 0 Å². The van der Waals surface area contributed by atoms with Crippen molar-refractivity contribution in [2.45, 2.75) is 12.3 Å². The molecule has 1 aromatic carbocycles. The zero-order valence-electron chi connectivity index (χ0n) is 11.7. The van der Waals surface area contributed by atoms with E-state index in [1.165, 1.54) is 21.9 Å². The van der Waals surface area contributed by atoms with E-state index in [9.17, 15) is 9.90 Å². The van der Waals surface area contributed by atoms with Crippen LogP contribution in [-0.4, -0.2) is 14.7 Å². The summed E-state index contributed by atoms with van der Waals surface area (Å²) in [5.74, 6) is 0.374. The molecule has 0 saturated carbocycles. The first-order valence-corrected chi connectivity index (χ1v) is 6.84. The number of aromatic nitrogens is 2. The van der Waals surface area contributed by atoms with Crippen LogP contribution >= 0.6 is 0 Å². The van der Waals surface area contributed by atoms with Gasteiger partial charge in [-0.2, -0.15) is 0 Å². The van der Waals surface area contributed by atoms with Crippen molar-refractivity contribution >= 4 is 5.57 Å². The summed E-state index contributed by atoms with van der Waals surface area (Å²) in [5, 5.41) is 9.43. The predicted molar refractivity (Wildman–Crippen MR) is 82.1 cm³/mol. The van der Waals surface area contributed by atoms with Gasteiger partial charge in [-0.3, -0.25) is 9.36 Å². The first-order valence-electron chi connectivity index (χ1n) is 6.84. The minimum Gasteiger partial charge on any atom is -0.502 e. The summed E-state index contributed by atoms with van der Waals surface area (Å²) in [6, 6.07) is 10.2. The standard InChI is InChI=1S/C17H16N2O2/c1-19-16(18-11-15(20)17(19)21)14-9-5-8-13(10-14)12-6-3-2-4-7-12/h2-9,11,14,20H,10H2,1H3. The van der Waals surface area contributed by atoms with Gasteiger partial charge in [-0.25, -0.2) is 4.98 Å². The summed E-state index contributed by atoms with van der Waals surface area (Å²) in [6.45, 7) is 0. The smallest absolute Gasteiger partial charge is 0.295 e. The third-order valence-electron chi connectivity index (χ3n) is 3.74. The Morgan fingerprint density at radius 2 is 2.05 bits per heavy atom. The molecule has 0 saturated heterocycles. The Morgan fingerprint density at radius 3 is 2.81 bits per heavy atom. The number of rotatable bonds is 2. The van der Waals surface area contributed by atoms with Crippen LogP contribution in [0.15, 0.2) is 59.6 Å². The van der Waals surface area contributed by atoms with Gasteiger partial charge in [0.1, 0.15) is 5.82 Å². The molecule has 1 aromatic heterocycles. The van der Waals surface area contributed by atoms with Gasteiger partial charge in [-0.1, -0.05) is 48.6 Å². The van der Waals surface area contributed by atoms with Crippen LogP contribution in [0.25, 0.3) is 5.57 Å². The molecule has 0 aliphatic heterocycles. The number of hydrogen-bond donors (Lipinski definition) is 1. The number of benzene rings is 1. The van der Waals surface area contributed by atoms with Crippen molar-refractivity contribution in [3.05, 3.63) is 76.5 Å². The summed E-state index contributed by atoms with van der Waals surface area (Å²) >= 11 is 0. The van der Waals surface area contributed by atoms with Crippen molar-refractivity contribution in [1.82, 2.24) is 9.55 Å². The lowest BCUT2D eigenvalue weighted by Gasteiger charge is -2.20. The van der Waals surface area contributed by atoms with Crippen molar-refractivity contribution in [2.24, 2.45) is 7.05 Å². The Labute approximate surface area is 122 Å². The van der Waals surface area contributed by atoms with E-state index in [1.807, 2.05) is 30.4 Å². The largest absolute Gasteiger partial charge is 0.502 e. The average Bonchev–Trinajstić information content (AvgIpc) is 2.54. The van der Waals surface area contributed by atoms with E-state index in [-0.39, 0.29) is 11.7 Å². The van der Waals surface area contributed by atoms with Gasteiger partial charge in [0, 0.05) is 13.0 Å². The third-order valence-corrected chi connectivity index (χ3v) is 3.74. The van der Waals surface area contributed by atoms with Crippen LogP contribution < -0.4 is 5.56 Å². The summed E-state index contributed by atoms with van der Waals surface area (Å²) in [4.78, 5) is 16.0. The maximum Gasteiger partial charge on any atom is 0.295 e. The first kappa shape index (κ1) is 13.4. The lowest BCUT2D eigenvalue weighted by molar-refractivity contribution is 0.452. The fourth-order valence-corrected chi connectivity index (χ4v) is 2.61. The molecule has 1 aliphatic rings. The normalized spacial score (nSPS) is 17.6. The van der Waals surface area contributed by atoms with Crippen molar-refractivity contribution in [1.29, 1.82) is 0 Å². The quantitative estimate of drug-likeness (QED) is 0.920. The fraction of sp³-hybridized carbons (Fsp3) is 0.176. The lowest BCUT2D eigenvalue weighted by Crippen LogP contribution is -2.23. The molecule has 0 bridgehead atoms. The summed E-state index contributed by atoms with van der Waals surface area (Å²) in [6.07, 6.45) is 8.13. The predicted octanol–water partition coefficient (Wildman–Crippen LogP) is 2.61. The molecule has 0 amide bonds.